The van der Waals surface area contributed by atoms with Gasteiger partial charge in [-0.3, -0.25) is 14.7 Å². The van der Waals surface area contributed by atoms with Crippen LogP contribution in [-0.2, 0) is 16.1 Å². The van der Waals surface area contributed by atoms with Crippen LogP contribution in [0.15, 0.2) is 48.7 Å². The summed E-state index contributed by atoms with van der Waals surface area (Å²) >= 11 is 5.92. The van der Waals surface area contributed by atoms with Crippen LogP contribution >= 0.6 is 11.6 Å². The summed E-state index contributed by atoms with van der Waals surface area (Å²) in [4.78, 5) is 18.4. The lowest BCUT2D eigenvalue weighted by Gasteiger charge is -2.32. The number of morpholine rings is 1. The van der Waals surface area contributed by atoms with Gasteiger partial charge in [0.25, 0.3) is 0 Å². The number of hydrogen-bond acceptors (Lipinski definition) is 4. The number of carbonyl (C=O) groups is 1. The number of amides is 1. The molecule has 1 aliphatic rings. The number of nitrogens with zero attached hydrogens (tertiary/aromatic N) is 2. The highest BCUT2D eigenvalue weighted by Gasteiger charge is 2.23. The second kappa shape index (κ2) is 8.24. The van der Waals surface area contributed by atoms with Crippen LogP contribution in [0.25, 0.3) is 0 Å². The number of rotatable bonds is 5. The molecule has 24 heavy (non-hydrogen) atoms. The predicted molar refractivity (Wildman–Crippen MR) is 92.7 cm³/mol. The number of nitrogens with one attached hydrogen (secondary N) is 1. The second-order valence-electron chi connectivity index (χ2n) is 5.74. The van der Waals surface area contributed by atoms with E-state index in [9.17, 15) is 4.79 Å². The molecule has 1 amide bonds. The van der Waals surface area contributed by atoms with Crippen LogP contribution < -0.4 is 5.32 Å². The summed E-state index contributed by atoms with van der Waals surface area (Å²) in [5, 5.41) is 3.62. The molecular weight excluding hydrogens is 326 g/mol. The maximum Gasteiger partial charge on any atom is 0.234 e. The number of halogens is 1. The fourth-order valence-electron chi connectivity index (χ4n) is 2.68. The van der Waals surface area contributed by atoms with Gasteiger partial charge < -0.3 is 10.1 Å². The van der Waals surface area contributed by atoms with Crippen molar-refractivity contribution in [2.45, 2.75) is 12.6 Å². The van der Waals surface area contributed by atoms with Gasteiger partial charge in [0, 0.05) is 24.3 Å². The molecule has 5 nitrogen and oxygen atoms in total. The Morgan fingerprint density at radius 1 is 1.29 bits per heavy atom. The molecule has 2 heterocycles. The summed E-state index contributed by atoms with van der Waals surface area (Å²) < 4.78 is 5.82. The number of aromatic nitrogens is 1. The monoisotopic (exact) mass is 345 g/mol. The van der Waals surface area contributed by atoms with Crippen molar-refractivity contribution in [2.75, 3.05) is 26.2 Å². The lowest BCUT2D eigenvalue weighted by molar-refractivity contribution is -0.124. The maximum atomic E-state index is 12.1. The van der Waals surface area contributed by atoms with Crippen LogP contribution in [0.5, 0.6) is 0 Å². The van der Waals surface area contributed by atoms with Gasteiger partial charge in [0.2, 0.25) is 5.91 Å². The average molecular weight is 346 g/mol. The fraction of sp³-hybridized carbons (Fsp3) is 0.333. The Morgan fingerprint density at radius 3 is 2.88 bits per heavy atom. The zero-order valence-corrected chi connectivity index (χ0v) is 14.1. The zero-order valence-electron chi connectivity index (χ0n) is 13.3. The third-order valence-corrected chi connectivity index (χ3v) is 4.20. The molecule has 126 valence electrons. The third-order valence-electron chi connectivity index (χ3n) is 3.95. The summed E-state index contributed by atoms with van der Waals surface area (Å²) in [6.45, 7) is 2.87. The zero-order chi connectivity index (χ0) is 16.8. The van der Waals surface area contributed by atoms with E-state index in [1.165, 1.54) is 0 Å². The Labute approximate surface area is 146 Å². The van der Waals surface area contributed by atoms with Crippen LogP contribution in [0.1, 0.15) is 17.4 Å². The molecule has 2 aromatic rings. The van der Waals surface area contributed by atoms with Gasteiger partial charge in [0.05, 0.1) is 31.5 Å². The topological polar surface area (TPSA) is 54.5 Å². The van der Waals surface area contributed by atoms with Crippen molar-refractivity contribution in [1.29, 1.82) is 0 Å². The highest BCUT2D eigenvalue weighted by Crippen LogP contribution is 2.23. The Bertz CT molecular complexity index is 664. The quantitative estimate of drug-likeness (QED) is 0.904. The molecule has 0 bridgehead atoms. The van der Waals surface area contributed by atoms with Crippen molar-refractivity contribution in [3.8, 4) is 0 Å². The number of benzene rings is 1. The van der Waals surface area contributed by atoms with E-state index in [1.54, 1.807) is 6.20 Å². The van der Waals surface area contributed by atoms with E-state index in [0.717, 1.165) is 17.8 Å². The third kappa shape index (κ3) is 4.77. The van der Waals surface area contributed by atoms with E-state index in [-0.39, 0.29) is 12.0 Å². The average Bonchev–Trinajstić information content (AvgIpc) is 2.62. The van der Waals surface area contributed by atoms with Gasteiger partial charge in [-0.05, 0) is 29.8 Å². The molecule has 1 aliphatic heterocycles. The Balaban J connectivity index is 1.49. The van der Waals surface area contributed by atoms with Crippen molar-refractivity contribution in [3.63, 3.8) is 0 Å². The number of hydrogen-bond donors (Lipinski definition) is 1. The van der Waals surface area contributed by atoms with Gasteiger partial charge in [0.15, 0.2) is 0 Å². The van der Waals surface area contributed by atoms with Gasteiger partial charge in [0.1, 0.15) is 0 Å². The molecule has 0 aliphatic carbocycles. The Hall–Kier alpha value is -1.95. The van der Waals surface area contributed by atoms with Crippen LogP contribution in [0, 0.1) is 0 Å². The minimum absolute atomic E-state index is 0.00240. The Morgan fingerprint density at radius 2 is 2.12 bits per heavy atom. The minimum atomic E-state index is -0.0281. The first kappa shape index (κ1) is 16.9. The number of ether oxygens (including phenoxy) is 1. The van der Waals surface area contributed by atoms with Crippen molar-refractivity contribution >= 4 is 17.5 Å². The van der Waals surface area contributed by atoms with Crippen LogP contribution in [0.3, 0.4) is 0 Å². The predicted octanol–water partition coefficient (Wildman–Crippen LogP) is 2.42. The molecule has 1 atom stereocenters. The van der Waals surface area contributed by atoms with Gasteiger partial charge >= 0.3 is 0 Å². The molecule has 1 aromatic carbocycles. The molecule has 1 saturated heterocycles. The lowest BCUT2D eigenvalue weighted by Crippen LogP contribution is -2.44. The van der Waals surface area contributed by atoms with E-state index in [0.29, 0.717) is 31.3 Å². The van der Waals surface area contributed by atoms with E-state index in [1.807, 2.05) is 42.5 Å². The van der Waals surface area contributed by atoms with E-state index < -0.39 is 0 Å². The van der Waals surface area contributed by atoms with E-state index in [4.69, 9.17) is 16.3 Å². The summed E-state index contributed by atoms with van der Waals surface area (Å²) in [7, 11) is 0. The molecule has 0 unspecified atom stereocenters. The summed E-state index contributed by atoms with van der Waals surface area (Å²) in [6, 6.07) is 13.3. The first-order valence-electron chi connectivity index (χ1n) is 7.97. The molecule has 1 aromatic heterocycles. The number of pyridine rings is 1. The van der Waals surface area contributed by atoms with E-state index in [2.05, 4.69) is 15.2 Å². The standard InChI is InChI=1S/C18H20ClN3O2/c19-15-6-4-14(5-7-15)17-12-22(9-10-24-17)13-18(23)21-11-16-3-1-2-8-20-16/h1-8,17H,9-13H2,(H,21,23)/t17-/m1/s1. The lowest BCUT2D eigenvalue weighted by atomic mass is 10.1. The fourth-order valence-corrected chi connectivity index (χ4v) is 2.80. The van der Waals surface area contributed by atoms with E-state index >= 15 is 0 Å². The number of carbonyl (C=O) groups excluding carboxylic acids is 1. The van der Waals surface area contributed by atoms with Gasteiger partial charge in [-0.25, -0.2) is 0 Å². The normalized spacial score (nSPS) is 18.3. The van der Waals surface area contributed by atoms with Gasteiger partial charge in [-0.2, -0.15) is 0 Å². The highest BCUT2D eigenvalue weighted by atomic mass is 35.5. The summed E-state index contributed by atoms with van der Waals surface area (Å²) in [5.41, 5.74) is 1.94. The molecule has 3 rings (SSSR count). The smallest absolute Gasteiger partial charge is 0.234 e. The molecular formula is C18H20ClN3O2. The van der Waals surface area contributed by atoms with Crippen molar-refractivity contribution in [1.82, 2.24) is 15.2 Å². The minimum Gasteiger partial charge on any atom is -0.371 e. The maximum absolute atomic E-state index is 12.1. The molecule has 0 radical (unpaired) electrons. The Kier molecular flexibility index (Phi) is 5.80. The molecule has 0 saturated carbocycles. The molecule has 1 fully saturated rings. The first-order valence-corrected chi connectivity index (χ1v) is 8.34. The molecule has 0 spiro atoms. The van der Waals surface area contributed by atoms with Crippen molar-refractivity contribution in [2.24, 2.45) is 0 Å². The second-order valence-corrected chi connectivity index (χ2v) is 6.18. The molecule has 1 N–H and O–H groups in total. The van der Waals surface area contributed by atoms with Crippen LogP contribution in [-0.4, -0.2) is 42.0 Å². The van der Waals surface area contributed by atoms with Gasteiger partial charge in [-0.1, -0.05) is 29.8 Å². The SMILES string of the molecule is O=C(CN1CCO[C@@H](c2ccc(Cl)cc2)C1)NCc1ccccn1. The van der Waals surface area contributed by atoms with Crippen LogP contribution in [0.2, 0.25) is 5.02 Å². The summed E-state index contributed by atoms with van der Waals surface area (Å²) in [6.07, 6.45) is 1.69. The van der Waals surface area contributed by atoms with Crippen molar-refractivity contribution in [3.05, 3.63) is 64.9 Å². The first-order chi connectivity index (χ1) is 11.7. The highest BCUT2D eigenvalue weighted by molar-refractivity contribution is 6.30. The molecule has 6 heteroatoms. The van der Waals surface area contributed by atoms with Crippen molar-refractivity contribution < 1.29 is 9.53 Å². The van der Waals surface area contributed by atoms with Crippen LogP contribution in [0.4, 0.5) is 0 Å². The summed E-state index contributed by atoms with van der Waals surface area (Å²) in [5.74, 6) is -0.00240. The van der Waals surface area contributed by atoms with Gasteiger partial charge in [-0.15, -0.1) is 0 Å². The largest absolute Gasteiger partial charge is 0.371 e.